The minimum Gasteiger partial charge on any atom is -0.379 e. The lowest BCUT2D eigenvalue weighted by atomic mass is 9.51. The van der Waals surface area contributed by atoms with Crippen molar-refractivity contribution in [3.63, 3.8) is 0 Å². The van der Waals surface area contributed by atoms with Crippen LogP contribution in [0.2, 0.25) is 0 Å². The summed E-state index contributed by atoms with van der Waals surface area (Å²) in [7, 11) is 0. The number of para-hydroxylation sites is 1. The van der Waals surface area contributed by atoms with Crippen molar-refractivity contribution in [2.45, 2.75) is 38.3 Å². The average molecular weight is 355 g/mol. The van der Waals surface area contributed by atoms with E-state index in [-0.39, 0.29) is 17.0 Å². The van der Waals surface area contributed by atoms with Gasteiger partial charge in [0.2, 0.25) is 0 Å². The number of amides is 1. The number of hydrogen-bond acceptors (Lipinski definition) is 4. The van der Waals surface area contributed by atoms with E-state index in [4.69, 9.17) is 4.74 Å². The molecule has 6 rings (SSSR count). The van der Waals surface area contributed by atoms with Gasteiger partial charge in [0.15, 0.2) is 0 Å². The Morgan fingerprint density at radius 2 is 2.04 bits per heavy atom. The number of anilines is 1. The van der Waals surface area contributed by atoms with Gasteiger partial charge in [0, 0.05) is 31.2 Å². The molecular formula is C21H29N3O2. The Hall–Kier alpha value is -1.59. The van der Waals surface area contributed by atoms with Crippen LogP contribution in [0.25, 0.3) is 0 Å². The number of carbonyl (C=O) groups excluding carboxylic acids is 1. The third kappa shape index (κ3) is 2.55. The van der Waals surface area contributed by atoms with Crippen molar-refractivity contribution < 1.29 is 9.53 Å². The number of morpholine rings is 1. The third-order valence-corrected chi connectivity index (χ3v) is 7.45. The Morgan fingerprint density at radius 1 is 1.23 bits per heavy atom. The summed E-state index contributed by atoms with van der Waals surface area (Å²) in [5.74, 6) is 1.30. The van der Waals surface area contributed by atoms with Gasteiger partial charge in [-0.05, 0) is 49.1 Å². The molecule has 0 unspecified atom stereocenters. The number of hydrogen-bond donors (Lipinski definition) is 2. The predicted molar refractivity (Wildman–Crippen MR) is 101 cm³/mol. The Morgan fingerprint density at radius 3 is 2.85 bits per heavy atom. The molecule has 5 nitrogen and oxygen atoms in total. The number of fused-ring (bicyclic) bond motifs is 3. The molecule has 1 spiro atoms. The summed E-state index contributed by atoms with van der Waals surface area (Å²) >= 11 is 0. The Balaban J connectivity index is 1.39. The molecule has 1 aromatic carbocycles. The van der Waals surface area contributed by atoms with Crippen molar-refractivity contribution in [2.75, 3.05) is 38.2 Å². The monoisotopic (exact) mass is 355 g/mol. The molecule has 1 amide bonds. The van der Waals surface area contributed by atoms with Crippen LogP contribution in [0.5, 0.6) is 0 Å². The molecule has 4 fully saturated rings. The van der Waals surface area contributed by atoms with E-state index in [1.165, 1.54) is 25.8 Å². The highest BCUT2D eigenvalue weighted by Gasteiger charge is 2.58. The molecule has 26 heavy (non-hydrogen) atoms. The maximum Gasteiger partial charge on any atom is 0.255 e. The summed E-state index contributed by atoms with van der Waals surface area (Å²) in [6, 6.07) is 7.91. The van der Waals surface area contributed by atoms with Crippen molar-refractivity contribution in [3.05, 3.63) is 29.8 Å². The highest BCUT2D eigenvalue weighted by Crippen LogP contribution is 2.58. The van der Waals surface area contributed by atoms with Gasteiger partial charge in [0.1, 0.15) is 5.66 Å². The van der Waals surface area contributed by atoms with Gasteiger partial charge in [-0.1, -0.05) is 19.1 Å². The molecule has 0 aromatic heterocycles. The maximum atomic E-state index is 12.8. The van der Waals surface area contributed by atoms with Crippen LogP contribution in [-0.4, -0.2) is 49.3 Å². The van der Waals surface area contributed by atoms with E-state index in [1.54, 1.807) is 0 Å². The van der Waals surface area contributed by atoms with E-state index in [1.807, 2.05) is 24.3 Å². The quantitative estimate of drug-likeness (QED) is 0.856. The second-order valence-corrected chi connectivity index (χ2v) is 9.01. The summed E-state index contributed by atoms with van der Waals surface area (Å²) in [6.45, 7) is 7.48. The molecule has 5 heteroatoms. The van der Waals surface area contributed by atoms with Gasteiger partial charge in [-0.2, -0.15) is 0 Å². The topological polar surface area (TPSA) is 53.6 Å². The van der Waals surface area contributed by atoms with Crippen LogP contribution < -0.4 is 10.6 Å². The first-order chi connectivity index (χ1) is 12.6. The molecule has 140 valence electrons. The van der Waals surface area contributed by atoms with Crippen molar-refractivity contribution in [1.82, 2.24) is 10.2 Å². The van der Waals surface area contributed by atoms with Gasteiger partial charge in [-0.15, -0.1) is 0 Å². The van der Waals surface area contributed by atoms with Gasteiger partial charge >= 0.3 is 0 Å². The van der Waals surface area contributed by atoms with E-state index in [9.17, 15) is 4.79 Å². The zero-order valence-corrected chi connectivity index (χ0v) is 15.6. The van der Waals surface area contributed by atoms with Crippen LogP contribution in [0.3, 0.4) is 0 Å². The van der Waals surface area contributed by atoms with Crippen LogP contribution in [-0.2, 0) is 4.74 Å². The van der Waals surface area contributed by atoms with Crippen LogP contribution in [0, 0.1) is 17.3 Å². The van der Waals surface area contributed by atoms with Gasteiger partial charge in [0.05, 0.1) is 18.8 Å². The fourth-order valence-electron chi connectivity index (χ4n) is 5.93. The largest absolute Gasteiger partial charge is 0.379 e. The van der Waals surface area contributed by atoms with Crippen molar-refractivity contribution in [2.24, 2.45) is 17.3 Å². The second-order valence-electron chi connectivity index (χ2n) is 9.01. The highest BCUT2D eigenvalue weighted by molar-refractivity contribution is 6.02. The van der Waals surface area contributed by atoms with Crippen LogP contribution in [0.4, 0.5) is 5.69 Å². The molecule has 4 atom stereocenters. The average Bonchev–Trinajstić information content (AvgIpc) is 2.64. The van der Waals surface area contributed by atoms with E-state index in [0.717, 1.165) is 44.0 Å². The third-order valence-electron chi connectivity index (χ3n) is 7.45. The molecule has 2 aliphatic heterocycles. The number of rotatable bonds is 2. The number of carbonyl (C=O) groups is 1. The fraction of sp³-hybridized carbons (Fsp3) is 0.667. The normalized spacial score (nSPS) is 39.3. The number of benzene rings is 1. The molecule has 2 bridgehead atoms. The van der Waals surface area contributed by atoms with E-state index >= 15 is 0 Å². The van der Waals surface area contributed by atoms with Gasteiger partial charge in [-0.25, -0.2) is 0 Å². The zero-order chi connectivity index (χ0) is 17.8. The predicted octanol–water partition coefficient (Wildman–Crippen LogP) is 2.70. The molecule has 3 aliphatic carbocycles. The van der Waals surface area contributed by atoms with Crippen molar-refractivity contribution in [3.8, 4) is 0 Å². The fourth-order valence-corrected chi connectivity index (χ4v) is 5.93. The lowest BCUT2D eigenvalue weighted by Gasteiger charge is -2.62. The van der Waals surface area contributed by atoms with Crippen molar-refractivity contribution in [1.29, 1.82) is 0 Å². The molecule has 1 aromatic rings. The lowest BCUT2D eigenvalue weighted by Crippen LogP contribution is -2.69. The van der Waals surface area contributed by atoms with Crippen LogP contribution >= 0.6 is 0 Å². The molecular weight excluding hydrogens is 326 g/mol. The summed E-state index contributed by atoms with van der Waals surface area (Å²) in [5.41, 5.74) is 1.78. The standard InChI is InChI=1S/C21H29N3O2/c1-20-7-6-15(12-16(20)13-24-8-10-26-11-9-24)21(14-20)22-18-5-3-2-4-17(18)19(25)23-21/h2-5,15-16,22H,6-14H2,1H3,(H,23,25)/t15-,16+,20+,21+/m0/s1. The number of ether oxygens (including phenoxy) is 1. The lowest BCUT2D eigenvalue weighted by molar-refractivity contribution is -0.0718. The Kier molecular flexibility index (Phi) is 3.80. The van der Waals surface area contributed by atoms with Gasteiger partial charge in [0.25, 0.3) is 5.91 Å². The van der Waals surface area contributed by atoms with Crippen LogP contribution in [0.1, 0.15) is 43.0 Å². The smallest absolute Gasteiger partial charge is 0.255 e. The summed E-state index contributed by atoms with van der Waals surface area (Å²) < 4.78 is 5.51. The summed E-state index contributed by atoms with van der Waals surface area (Å²) in [4.78, 5) is 15.3. The SMILES string of the molecule is C[C@]12CC[C@@H](C[C@@H]1CN1CCOCC1)[C@@]1(C2)NC(=O)c2ccccc2N1. The van der Waals surface area contributed by atoms with Crippen LogP contribution in [0.15, 0.2) is 24.3 Å². The maximum absolute atomic E-state index is 12.8. The highest BCUT2D eigenvalue weighted by atomic mass is 16.5. The number of nitrogens with one attached hydrogen (secondary N) is 2. The minimum absolute atomic E-state index is 0.0835. The zero-order valence-electron chi connectivity index (χ0n) is 15.6. The molecule has 1 saturated heterocycles. The van der Waals surface area contributed by atoms with E-state index < -0.39 is 0 Å². The van der Waals surface area contributed by atoms with Gasteiger partial charge in [-0.3, -0.25) is 9.69 Å². The van der Waals surface area contributed by atoms with E-state index in [2.05, 4.69) is 22.5 Å². The molecule has 2 N–H and O–H groups in total. The first-order valence-corrected chi connectivity index (χ1v) is 10.1. The molecule has 0 radical (unpaired) electrons. The van der Waals surface area contributed by atoms with E-state index in [0.29, 0.717) is 11.8 Å². The molecule has 5 aliphatic rings. The minimum atomic E-state index is -0.264. The molecule has 3 saturated carbocycles. The summed E-state index contributed by atoms with van der Waals surface area (Å²) in [6.07, 6.45) is 4.70. The Labute approximate surface area is 155 Å². The van der Waals surface area contributed by atoms with Crippen molar-refractivity contribution >= 4 is 11.6 Å². The second kappa shape index (κ2) is 5.96. The first-order valence-electron chi connectivity index (χ1n) is 10.1. The number of nitrogens with zero attached hydrogens (tertiary/aromatic N) is 1. The summed E-state index contributed by atoms with van der Waals surface area (Å²) in [5, 5.41) is 7.14. The molecule has 2 heterocycles. The Bertz CT molecular complexity index is 717. The first kappa shape index (κ1) is 16.6. The van der Waals surface area contributed by atoms with Gasteiger partial charge < -0.3 is 15.4 Å².